The van der Waals surface area contributed by atoms with Crippen LogP contribution in [0.3, 0.4) is 0 Å². The van der Waals surface area contributed by atoms with Crippen LogP contribution in [0.25, 0.3) is 0 Å². The molecule has 0 aromatic carbocycles. The number of aromatic nitrogens is 4. The van der Waals surface area contributed by atoms with Gasteiger partial charge in [0.15, 0.2) is 9.84 Å². The molecule has 3 heterocycles. The Morgan fingerprint density at radius 1 is 1.48 bits per heavy atom. The molecule has 21 heavy (non-hydrogen) atoms. The lowest BCUT2D eigenvalue weighted by atomic mass is 9.95. The highest BCUT2D eigenvalue weighted by molar-refractivity contribution is 7.90. The SMILES string of the molecule is CS(=O)(=O)c1cn[nH]c1C1CCCN(Cc2ncc[nH]2)C1. The maximum Gasteiger partial charge on any atom is 0.178 e. The standard InChI is InChI=1S/C13H19N5O2S/c1-21(19,20)11-7-16-17-13(11)10-3-2-6-18(8-10)9-12-14-4-5-15-12/h4-5,7,10H,2-3,6,8-9H2,1H3,(H,14,15)(H,16,17). The van der Waals surface area contributed by atoms with E-state index in [1.165, 1.54) is 12.5 Å². The minimum atomic E-state index is -3.24. The number of nitrogens with zero attached hydrogens (tertiary/aromatic N) is 3. The van der Waals surface area contributed by atoms with Crippen LogP contribution in [0.15, 0.2) is 23.5 Å². The van der Waals surface area contributed by atoms with Crippen molar-refractivity contribution in [3.63, 3.8) is 0 Å². The van der Waals surface area contributed by atoms with Crippen LogP contribution in [0.5, 0.6) is 0 Å². The lowest BCUT2D eigenvalue weighted by Gasteiger charge is -2.31. The molecule has 0 amide bonds. The van der Waals surface area contributed by atoms with Crippen molar-refractivity contribution in [2.45, 2.75) is 30.2 Å². The number of likely N-dealkylation sites (tertiary alicyclic amines) is 1. The molecule has 1 saturated heterocycles. The molecule has 0 radical (unpaired) electrons. The molecule has 2 N–H and O–H groups in total. The van der Waals surface area contributed by atoms with Crippen molar-refractivity contribution in [3.05, 3.63) is 30.1 Å². The van der Waals surface area contributed by atoms with Gasteiger partial charge in [-0.15, -0.1) is 0 Å². The number of hydrogen-bond acceptors (Lipinski definition) is 5. The van der Waals surface area contributed by atoms with E-state index in [9.17, 15) is 8.42 Å². The van der Waals surface area contributed by atoms with Crippen LogP contribution in [0.2, 0.25) is 0 Å². The molecule has 1 aliphatic heterocycles. The summed E-state index contributed by atoms with van der Waals surface area (Å²) in [5.74, 6) is 1.10. The van der Waals surface area contributed by atoms with Gasteiger partial charge >= 0.3 is 0 Å². The van der Waals surface area contributed by atoms with E-state index in [0.29, 0.717) is 4.90 Å². The van der Waals surface area contributed by atoms with Gasteiger partial charge in [-0.1, -0.05) is 0 Å². The zero-order chi connectivity index (χ0) is 14.9. The highest BCUT2D eigenvalue weighted by Crippen LogP contribution is 2.30. The summed E-state index contributed by atoms with van der Waals surface area (Å²) in [5, 5.41) is 6.81. The van der Waals surface area contributed by atoms with Crippen molar-refractivity contribution >= 4 is 9.84 Å². The molecule has 114 valence electrons. The molecule has 1 fully saturated rings. The molecule has 2 aromatic rings. The van der Waals surface area contributed by atoms with Crippen LogP contribution in [0, 0.1) is 0 Å². The first-order valence-corrected chi connectivity index (χ1v) is 8.87. The quantitative estimate of drug-likeness (QED) is 0.875. The van der Waals surface area contributed by atoms with E-state index in [-0.39, 0.29) is 5.92 Å². The maximum absolute atomic E-state index is 11.8. The number of rotatable bonds is 4. The number of nitrogens with one attached hydrogen (secondary N) is 2. The monoisotopic (exact) mass is 309 g/mol. The minimum absolute atomic E-state index is 0.168. The molecular formula is C13H19N5O2S. The first-order valence-electron chi connectivity index (χ1n) is 6.98. The molecule has 1 atom stereocenters. The number of aromatic amines is 2. The van der Waals surface area contributed by atoms with Crippen LogP contribution in [0.1, 0.15) is 30.3 Å². The Morgan fingerprint density at radius 3 is 3.05 bits per heavy atom. The number of piperidine rings is 1. The average Bonchev–Trinajstić information content (AvgIpc) is 3.08. The topological polar surface area (TPSA) is 94.7 Å². The van der Waals surface area contributed by atoms with Crippen molar-refractivity contribution in [2.24, 2.45) is 0 Å². The molecule has 1 aliphatic rings. The van der Waals surface area contributed by atoms with Gasteiger partial charge in [0.25, 0.3) is 0 Å². The lowest BCUT2D eigenvalue weighted by molar-refractivity contribution is 0.193. The molecule has 7 nitrogen and oxygen atoms in total. The van der Waals surface area contributed by atoms with Crippen molar-refractivity contribution in [2.75, 3.05) is 19.3 Å². The Kier molecular flexibility index (Phi) is 3.81. The Morgan fingerprint density at radius 2 is 2.33 bits per heavy atom. The fourth-order valence-electron chi connectivity index (χ4n) is 2.90. The fraction of sp³-hybridized carbons (Fsp3) is 0.538. The van der Waals surface area contributed by atoms with Gasteiger partial charge < -0.3 is 4.98 Å². The van der Waals surface area contributed by atoms with E-state index in [1.807, 2.05) is 6.20 Å². The van der Waals surface area contributed by atoms with E-state index >= 15 is 0 Å². The summed E-state index contributed by atoms with van der Waals surface area (Å²) in [7, 11) is -3.24. The summed E-state index contributed by atoms with van der Waals surface area (Å²) in [6, 6.07) is 0. The largest absolute Gasteiger partial charge is 0.348 e. The van der Waals surface area contributed by atoms with Gasteiger partial charge in [-0.3, -0.25) is 10.00 Å². The molecule has 0 aliphatic carbocycles. The summed E-state index contributed by atoms with van der Waals surface area (Å²) in [6.07, 6.45) is 8.20. The number of sulfone groups is 1. The van der Waals surface area contributed by atoms with E-state index < -0.39 is 9.84 Å². The summed E-state index contributed by atoms with van der Waals surface area (Å²) < 4.78 is 23.6. The van der Waals surface area contributed by atoms with Crippen molar-refractivity contribution in [1.82, 2.24) is 25.1 Å². The normalized spacial score (nSPS) is 20.7. The number of hydrogen-bond donors (Lipinski definition) is 2. The Balaban J connectivity index is 1.76. The van der Waals surface area contributed by atoms with Gasteiger partial charge in [0.05, 0.1) is 18.4 Å². The van der Waals surface area contributed by atoms with Crippen molar-refractivity contribution in [1.29, 1.82) is 0 Å². The summed E-state index contributed by atoms with van der Waals surface area (Å²) in [4.78, 5) is 9.96. The second-order valence-corrected chi connectivity index (χ2v) is 7.51. The highest BCUT2D eigenvalue weighted by Gasteiger charge is 2.27. The zero-order valence-corrected chi connectivity index (χ0v) is 12.7. The van der Waals surface area contributed by atoms with E-state index in [1.54, 1.807) is 6.20 Å². The molecule has 0 spiro atoms. The van der Waals surface area contributed by atoms with E-state index in [4.69, 9.17) is 0 Å². The predicted octanol–water partition coefficient (Wildman–Crippen LogP) is 0.916. The van der Waals surface area contributed by atoms with Gasteiger partial charge in [0.1, 0.15) is 10.7 Å². The van der Waals surface area contributed by atoms with Gasteiger partial charge in [0, 0.05) is 31.1 Å². The van der Waals surface area contributed by atoms with Crippen LogP contribution in [0.4, 0.5) is 0 Å². The van der Waals surface area contributed by atoms with E-state index in [0.717, 1.165) is 44.0 Å². The fourth-order valence-corrected chi connectivity index (χ4v) is 3.76. The Labute approximate surface area is 123 Å². The summed E-state index contributed by atoms with van der Waals surface area (Å²) in [5.41, 5.74) is 0.738. The Hall–Kier alpha value is -1.67. The zero-order valence-electron chi connectivity index (χ0n) is 11.9. The third-order valence-electron chi connectivity index (χ3n) is 3.87. The van der Waals surface area contributed by atoms with E-state index in [2.05, 4.69) is 25.1 Å². The highest BCUT2D eigenvalue weighted by atomic mass is 32.2. The smallest absolute Gasteiger partial charge is 0.178 e. The number of H-pyrrole nitrogens is 2. The second-order valence-electron chi connectivity index (χ2n) is 5.53. The molecule has 2 aromatic heterocycles. The first-order chi connectivity index (χ1) is 10.0. The van der Waals surface area contributed by atoms with Crippen molar-refractivity contribution in [3.8, 4) is 0 Å². The minimum Gasteiger partial charge on any atom is -0.348 e. The van der Waals surface area contributed by atoms with Crippen LogP contribution >= 0.6 is 0 Å². The maximum atomic E-state index is 11.8. The predicted molar refractivity (Wildman–Crippen MR) is 77.5 cm³/mol. The van der Waals surface area contributed by atoms with Gasteiger partial charge in [-0.05, 0) is 19.4 Å². The number of imidazole rings is 1. The average molecular weight is 309 g/mol. The Bertz CT molecular complexity index is 692. The first kappa shape index (κ1) is 14.3. The van der Waals surface area contributed by atoms with Crippen molar-refractivity contribution < 1.29 is 8.42 Å². The van der Waals surface area contributed by atoms with Gasteiger partial charge in [0.2, 0.25) is 0 Å². The van der Waals surface area contributed by atoms with Gasteiger partial charge in [-0.2, -0.15) is 5.10 Å². The third-order valence-corrected chi connectivity index (χ3v) is 5.00. The lowest BCUT2D eigenvalue weighted by Crippen LogP contribution is -2.34. The molecule has 3 rings (SSSR count). The van der Waals surface area contributed by atoms with Crippen LogP contribution in [-0.2, 0) is 16.4 Å². The molecule has 8 heteroatoms. The third kappa shape index (κ3) is 3.16. The molecule has 0 bridgehead atoms. The molecule has 0 saturated carbocycles. The molecule has 1 unspecified atom stereocenters. The van der Waals surface area contributed by atoms with Crippen LogP contribution < -0.4 is 0 Å². The summed E-state index contributed by atoms with van der Waals surface area (Å²) in [6.45, 7) is 2.57. The molecular weight excluding hydrogens is 290 g/mol. The van der Waals surface area contributed by atoms with Crippen LogP contribution in [-0.4, -0.2) is 52.8 Å². The van der Waals surface area contributed by atoms with Gasteiger partial charge in [-0.25, -0.2) is 13.4 Å². The second kappa shape index (κ2) is 5.61. The summed E-state index contributed by atoms with van der Waals surface area (Å²) >= 11 is 0.